The first kappa shape index (κ1) is 30.0. The maximum absolute atomic E-state index is 13.1. The molecule has 1 atom stereocenters. The molecular formula is C31H37N11O3. The standard InChI is InChI=1S/C31H37N11O3/c1-19-14-34-31(38-26-12-20(2)41(3)40-26)39-29(19)23-15-33-30-22(23)6-4-7-24(30)37-27(44)17-42-10-8-21(16-42)45-28-13-25(35-18-36-28)32-9-5-11-43/h4,6-7,12-15,18,21,33,43H,5,8-11,16-17H2,1-3H3,(H,37,44)(H,32,35,36)(H,34,38,39,40)/t21-/m0/s1. The first-order valence-corrected chi connectivity index (χ1v) is 14.9. The van der Waals surface area contributed by atoms with Crippen molar-refractivity contribution in [3.8, 4) is 17.1 Å². The van der Waals surface area contributed by atoms with Crippen molar-refractivity contribution in [2.75, 3.05) is 48.7 Å². The molecule has 1 amide bonds. The highest BCUT2D eigenvalue weighted by atomic mass is 16.5. The summed E-state index contributed by atoms with van der Waals surface area (Å²) < 4.78 is 7.86. The van der Waals surface area contributed by atoms with E-state index < -0.39 is 0 Å². The molecule has 1 aliphatic heterocycles. The number of anilines is 4. The predicted octanol–water partition coefficient (Wildman–Crippen LogP) is 3.39. The van der Waals surface area contributed by atoms with Crippen LogP contribution < -0.4 is 20.7 Å². The van der Waals surface area contributed by atoms with Crippen LogP contribution in [0, 0.1) is 13.8 Å². The third-order valence-corrected chi connectivity index (χ3v) is 7.74. The third-order valence-electron chi connectivity index (χ3n) is 7.74. The number of carbonyl (C=O) groups is 1. The zero-order chi connectivity index (χ0) is 31.3. The molecule has 1 saturated heterocycles. The number of amides is 1. The van der Waals surface area contributed by atoms with E-state index in [2.05, 4.69) is 45.9 Å². The molecule has 0 unspecified atom stereocenters. The molecule has 234 valence electrons. The van der Waals surface area contributed by atoms with Crippen LogP contribution in [0.5, 0.6) is 5.88 Å². The number of ether oxygens (including phenoxy) is 1. The Morgan fingerprint density at radius 1 is 1.18 bits per heavy atom. The van der Waals surface area contributed by atoms with Crippen LogP contribution in [-0.4, -0.2) is 89.5 Å². The lowest BCUT2D eigenvalue weighted by Crippen LogP contribution is -2.33. The maximum atomic E-state index is 13.1. The summed E-state index contributed by atoms with van der Waals surface area (Å²) in [4.78, 5) is 36.2. The van der Waals surface area contributed by atoms with Gasteiger partial charge in [-0.15, -0.1) is 0 Å². The fourth-order valence-electron chi connectivity index (χ4n) is 5.36. The molecule has 1 aliphatic rings. The lowest BCUT2D eigenvalue weighted by Gasteiger charge is -2.17. The molecule has 5 aromatic rings. The molecule has 5 N–H and O–H groups in total. The minimum Gasteiger partial charge on any atom is -0.473 e. The van der Waals surface area contributed by atoms with Gasteiger partial charge in [0.25, 0.3) is 0 Å². The maximum Gasteiger partial charge on any atom is 0.238 e. The average Bonchev–Trinajstić information content (AvgIpc) is 3.73. The molecule has 14 heteroatoms. The lowest BCUT2D eigenvalue weighted by atomic mass is 10.1. The number of aromatic nitrogens is 7. The molecule has 5 heterocycles. The molecule has 6 rings (SSSR count). The minimum absolute atomic E-state index is 0.0791. The summed E-state index contributed by atoms with van der Waals surface area (Å²) in [6.07, 6.45) is 6.49. The SMILES string of the molecule is Cc1cnc(Nc2cc(C)n(C)n2)nc1-c1c[nH]c2c(NC(=O)CN3CC[C@H](Oc4cc(NCCCO)ncn4)C3)cccc12. The number of nitrogens with zero attached hydrogens (tertiary/aromatic N) is 7. The molecule has 1 aromatic carbocycles. The van der Waals surface area contributed by atoms with Crippen molar-refractivity contribution < 1.29 is 14.6 Å². The topological polar surface area (TPSA) is 171 Å². The van der Waals surface area contributed by atoms with E-state index in [0.717, 1.165) is 46.4 Å². The summed E-state index contributed by atoms with van der Waals surface area (Å²) >= 11 is 0. The summed E-state index contributed by atoms with van der Waals surface area (Å²) in [5.41, 5.74) is 5.17. The monoisotopic (exact) mass is 611 g/mol. The minimum atomic E-state index is -0.105. The van der Waals surface area contributed by atoms with Crippen molar-refractivity contribution in [1.82, 2.24) is 39.6 Å². The number of nitrogens with one attached hydrogen (secondary N) is 4. The molecule has 14 nitrogen and oxygen atoms in total. The van der Waals surface area contributed by atoms with Gasteiger partial charge in [-0.05, 0) is 38.3 Å². The van der Waals surface area contributed by atoms with Crippen LogP contribution in [0.2, 0.25) is 0 Å². The Kier molecular flexibility index (Phi) is 8.84. The van der Waals surface area contributed by atoms with E-state index in [4.69, 9.17) is 14.8 Å². The lowest BCUT2D eigenvalue weighted by molar-refractivity contribution is -0.117. The zero-order valence-corrected chi connectivity index (χ0v) is 25.5. The second-order valence-corrected chi connectivity index (χ2v) is 11.1. The molecule has 4 aromatic heterocycles. The fourth-order valence-corrected chi connectivity index (χ4v) is 5.36. The second-order valence-electron chi connectivity index (χ2n) is 11.1. The molecule has 0 saturated carbocycles. The van der Waals surface area contributed by atoms with E-state index in [1.54, 1.807) is 16.9 Å². The number of carbonyl (C=O) groups excluding carboxylic acids is 1. The summed E-state index contributed by atoms with van der Waals surface area (Å²) in [7, 11) is 1.89. The van der Waals surface area contributed by atoms with Gasteiger partial charge in [0, 0.05) is 74.5 Å². The zero-order valence-electron chi connectivity index (χ0n) is 25.5. The first-order chi connectivity index (χ1) is 21.9. The van der Waals surface area contributed by atoms with E-state index >= 15 is 0 Å². The van der Waals surface area contributed by atoms with E-state index in [9.17, 15) is 4.79 Å². The van der Waals surface area contributed by atoms with Crippen LogP contribution in [-0.2, 0) is 11.8 Å². The van der Waals surface area contributed by atoms with Gasteiger partial charge < -0.3 is 30.8 Å². The molecule has 45 heavy (non-hydrogen) atoms. The van der Waals surface area contributed by atoms with Crippen molar-refractivity contribution in [2.24, 2.45) is 7.05 Å². The number of rotatable bonds is 12. The van der Waals surface area contributed by atoms with Gasteiger partial charge in [-0.25, -0.2) is 19.9 Å². The van der Waals surface area contributed by atoms with Gasteiger partial charge in [0.05, 0.1) is 23.4 Å². The summed E-state index contributed by atoms with van der Waals surface area (Å²) in [5, 5.41) is 23.8. The van der Waals surface area contributed by atoms with E-state index in [0.29, 0.717) is 48.7 Å². The predicted molar refractivity (Wildman–Crippen MR) is 172 cm³/mol. The largest absolute Gasteiger partial charge is 0.473 e. The van der Waals surface area contributed by atoms with Gasteiger partial charge in [0.2, 0.25) is 17.7 Å². The van der Waals surface area contributed by atoms with Crippen molar-refractivity contribution >= 4 is 40.1 Å². The van der Waals surface area contributed by atoms with Crippen molar-refractivity contribution in [3.63, 3.8) is 0 Å². The number of fused-ring (bicyclic) bond motifs is 1. The van der Waals surface area contributed by atoms with Crippen molar-refractivity contribution in [3.05, 3.63) is 60.3 Å². The van der Waals surface area contributed by atoms with Crippen LogP contribution in [0.1, 0.15) is 24.1 Å². The van der Waals surface area contributed by atoms with Crippen LogP contribution in [0.3, 0.4) is 0 Å². The first-order valence-electron chi connectivity index (χ1n) is 14.9. The van der Waals surface area contributed by atoms with Gasteiger partial charge in [0.15, 0.2) is 5.82 Å². The number of aromatic amines is 1. The fraction of sp³-hybridized carbons (Fsp3) is 0.355. The smallest absolute Gasteiger partial charge is 0.238 e. The van der Waals surface area contributed by atoms with Gasteiger partial charge in [0.1, 0.15) is 18.2 Å². The van der Waals surface area contributed by atoms with Crippen molar-refractivity contribution in [2.45, 2.75) is 32.8 Å². The van der Waals surface area contributed by atoms with E-state index in [-0.39, 0.29) is 25.2 Å². The third kappa shape index (κ3) is 7.02. The van der Waals surface area contributed by atoms with E-state index in [1.165, 1.54) is 6.33 Å². The van der Waals surface area contributed by atoms with Gasteiger partial charge in [-0.1, -0.05) is 12.1 Å². The number of aryl methyl sites for hydroxylation is 3. The Hall–Kier alpha value is -5.08. The highest BCUT2D eigenvalue weighted by Crippen LogP contribution is 2.33. The molecule has 0 bridgehead atoms. The molecule has 0 spiro atoms. The highest BCUT2D eigenvalue weighted by Gasteiger charge is 2.26. The number of H-pyrrole nitrogens is 1. The Balaban J connectivity index is 1.09. The van der Waals surface area contributed by atoms with Crippen LogP contribution in [0.15, 0.2) is 49.1 Å². The molecule has 1 fully saturated rings. The second kappa shape index (κ2) is 13.3. The van der Waals surface area contributed by atoms with E-state index in [1.807, 2.05) is 51.4 Å². The Morgan fingerprint density at radius 2 is 2.07 bits per heavy atom. The number of benzene rings is 1. The number of hydrogen-bond acceptors (Lipinski definition) is 11. The molecule has 0 aliphatic carbocycles. The van der Waals surface area contributed by atoms with Gasteiger partial charge in [-0.3, -0.25) is 14.4 Å². The van der Waals surface area contributed by atoms with Crippen molar-refractivity contribution in [1.29, 1.82) is 0 Å². The summed E-state index contributed by atoms with van der Waals surface area (Å²) in [5.74, 6) is 2.16. The molecule has 0 radical (unpaired) electrons. The van der Waals surface area contributed by atoms with Crippen LogP contribution in [0.4, 0.5) is 23.3 Å². The summed E-state index contributed by atoms with van der Waals surface area (Å²) in [6, 6.07) is 9.51. The summed E-state index contributed by atoms with van der Waals surface area (Å²) in [6.45, 7) is 6.28. The Morgan fingerprint density at radius 3 is 2.89 bits per heavy atom. The number of aliphatic hydroxyl groups is 1. The highest BCUT2D eigenvalue weighted by molar-refractivity contribution is 6.06. The number of para-hydroxylation sites is 1. The van der Waals surface area contributed by atoms with Crippen LogP contribution in [0.25, 0.3) is 22.2 Å². The normalized spacial score (nSPS) is 15.0. The number of hydrogen-bond donors (Lipinski definition) is 5. The van der Waals surface area contributed by atoms with Gasteiger partial charge >= 0.3 is 0 Å². The number of aliphatic hydroxyl groups excluding tert-OH is 1. The Bertz CT molecular complexity index is 1780. The number of likely N-dealkylation sites (tertiary alicyclic amines) is 1. The quantitative estimate of drug-likeness (QED) is 0.131. The van der Waals surface area contributed by atoms with Crippen LogP contribution >= 0.6 is 0 Å². The molecular weight excluding hydrogens is 574 g/mol. The average molecular weight is 612 g/mol. The Labute approximate surface area is 260 Å². The van der Waals surface area contributed by atoms with Gasteiger partial charge in [-0.2, -0.15) is 5.10 Å².